The molecule has 1 atom stereocenters. The molecule has 19 heavy (non-hydrogen) atoms. The van der Waals surface area contributed by atoms with Crippen molar-refractivity contribution in [1.82, 2.24) is 15.3 Å². The largest absolute Gasteiger partial charge is 0.355 e. The van der Waals surface area contributed by atoms with E-state index in [4.69, 9.17) is 0 Å². The Morgan fingerprint density at radius 1 is 1.37 bits per heavy atom. The van der Waals surface area contributed by atoms with Crippen molar-refractivity contribution in [2.45, 2.75) is 39.3 Å². The molecule has 2 rings (SSSR count). The minimum absolute atomic E-state index is 0.0579. The number of rotatable bonds is 2. The van der Waals surface area contributed by atoms with Crippen LogP contribution in [0, 0.1) is 0 Å². The minimum Gasteiger partial charge on any atom is -0.355 e. The summed E-state index contributed by atoms with van der Waals surface area (Å²) in [6, 6.07) is 2.59. The van der Waals surface area contributed by atoms with Crippen LogP contribution in [0.25, 0.3) is 0 Å². The Labute approximate surface area is 116 Å². The van der Waals surface area contributed by atoms with Gasteiger partial charge in [0.2, 0.25) is 0 Å². The van der Waals surface area contributed by atoms with Crippen LogP contribution in [0.15, 0.2) is 12.4 Å². The highest BCUT2D eigenvalue weighted by Gasteiger charge is 2.21. The van der Waals surface area contributed by atoms with E-state index in [-0.39, 0.29) is 5.54 Å². The van der Waals surface area contributed by atoms with Gasteiger partial charge in [-0.3, -0.25) is 0 Å². The highest BCUT2D eigenvalue weighted by atomic mass is 15.3. The predicted octanol–water partition coefficient (Wildman–Crippen LogP) is 1.51. The van der Waals surface area contributed by atoms with Gasteiger partial charge in [0, 0.05) is 44.3 Å². The van der Waals surface area contributed by atoms with Crippen LogP contribution >= 0.6 is 0 Å². The first-order valence-corrected chi connectivity index (χ1v) is 6.92. The van der Waals surface area contributed by atoms with E-state index in [2.05, 4.69) is 65.9 Å². The van der Waals surface area contributed by atoms with Gasteiger partial charge in [0.25, 0.3) is 0 Å². The van der Waals surface area contributed by atoms with E-state index in [9.17, 15) is 0 Å². The number of anilines is 2. The van der Waals surface area contributed by atoms with Gasteiger partial charge in [-0.15, -0.1) is 0 Å². The molecule has 2 heterocycles. The number of hydrogen-bond acceptors (Lipinski definition) is 5. The standard InChI is InChI=1S/C14H25N5/c1-11-9-19(7-6-15-11)13-8-12(16-10-17-13)18(5)14(2,3)4/h8,10-11,15H,6-7,9H2,1-5H3. The highest BCUT2D eigenvalue weighted by Crippen LogP contribution is 2.23. The lowest BCUT2D eigenvalue weighted by Crippen LogP contribution is -2.49. The van der Waals surface area contributed by atoms with Crippen molar-refractivity contribution in [3.63, 3.8) is 0 Å². The molecule has 1 unspecified atom stereocenters. The Morgan fingerprint density at radius 2 is 2.11 bits per heavy atom. The second-order valence-electron chi connectivity index (χ2n) is 6.27. The van der Waals surface area contributed by atoms with Gasteiger partial charge in [-0.2, -0.15) is 0 Å². The van der Waals surface area contributed by atoms with Gasteiger partial charge in [-0.1, -0.05) is 0 Å². The van der Waals surface area contributed by atoms with Gasteiger partial charge < -0.3 is 15.1 Å². The fourth-order valence-electron chi connectivity index (χ4n) is 2.18. The molecule has 0 aliphatic carbocycles. The third kappa shape index (κ3) is 3.35. The Balaban J connectivity index is 2.19. The average molecular weight is 263 g/mol. The van der Waals surface area contributed by atoms with Gasteiger partial charge in [-0.25, -0.2) is 9.97 Å². The molecule has 1 aromatic rings. The minimum atomic E-state index is 0.0579. The van der Waals surface area contributed by atoms with E-state index in [1.807, 2.05) is 0 Å². The molecule has 1 aromatic heterocycles. The van der Waals surface area contributed by atoms with Crippen LogP contribution < -0.4 is 15.1 Å². The smallest absolute Gasteiger partial charge is 0.134 e. The monoisotopic (exact) mass is 263 g/mol. The Hall–Kier alpha value is -1.36. The fourth-order valence-corrected chi connectivity index (χ4v) is 2.18. The van der Waals surface area contributed by atoms with E-state index < -0.39 is 0 Å². The maximum absolute atomic E-state index is 4.42. The molecule has 0 amide bonds. The molecule has 0 spiro atoms. The zero-order valence-corrected chi connectivity index (χ0v) is 12.6. The van der Waals surface area contributed by atoms with Crippen molar-refractivity contribution >= 4 is 11.6 Å². The predicted molar refractivity (Wildman–Crippen MR) is 79.9 cm³/mol. The number of hydrogen-bond donors (Lipinski definition) is 1. The van der Waals surface area contributed by atoms with Crippen molar-refractivity contribution in [1.29, 1.82) is 0 Å². The number of nitrogens with zero attached hydrogens (tertiary/aromatic N) is 4. The van der Waals surface area contributed by atoms with E-state index in [0.29, 0.717) is 6.04 Å². The molecule has 1 saturated heterocycles. The number of piperazine rings is 1. The summed E-state index contributed by atoms with van der Waals surface area (Å²) in [6.07, 6.45) is 1.67. The summed E-state index contributed by atoms with van der Waals surface area (Å²) in [6.45, 7) is 11.8. The molecule has 1 N–H and O–H groups in total. The Morgan fingerprint density at radius 3 is 2.74 bits per heavy atom. The van der Waals surface area contributed by atoms with Crippen LogP contribution in [0.2, 0.25) is 0 Å². The molecule has 0 saturated carbocycles. The Bertz CT molecular complexity index is 426. The van der Waals surface area contributed by atoms with Crippen molar-refractivity contribution < 1.29 is 0 Å². The molecule has 1 aliphatic rings. The summed E-state index contributed by atoms with van der Waals surface area (Å²) in [5.41, 5.74) is 0.0579. The normalized spacial score (nSPS) is 20.5. The maximum Gasteiger partial charge on any atom is 0.134 e. The summed E-state index contributed by atoms with van der Waals surface area (Å²) >= 11 is 0. The lowest BCUT2D eigenvalue weighted by Gasteiger charge is -2.35. The second-order valence-corrected chi connectivity index (χ2v) is 6.27. The van der Waals surface area contributed by atoms with Gasteiger partial charge in [0.15, 0.2) is 0 Å². The maximum atomic E-state index is 4.42. The summed E-state index contributed by atoms with van der Waals surface area (Å²) in [5.74, 6) is 2.00. The third-order valence-corrected chi connectivity index (χ3v) is 3.68. The summed E-state index contributed by atoms with van der Waals surface area (Å²) in [5, 5.41) is 3.45. The van der Waals surface area contributed by atoms with Gasteiger partial charge in [-0.05, 0) is 27.7 Å². The number of aromatic nitrogens is 2. The van der Waals surface area contributed by atoms with E-state index in [0.717, 1.165) is 31.3 Å². The molecular formula is C14H25N5. The van der Waals surface area contributed by atoms with E-state index in [1.165, 1.54) is 0 Å². The average Bonchev–Trinajstić information content (AvgIpc) is 2.37. The van der Waals surface area contributed by atoms with Gasteiger partial charge in [0.05, 0.1) is 0 Å². The van der Waals surface area contributed by atoms with Crippen molar-refractivity contribution in [3.8, 4) is 0 Å². The molecule has 5 heteroatoms. The molecule has 0 bridgehead atoms. The molecule has 1 aliphatic heterocycles. The van der Waals surface area contributed by atoms with E-state index >= 15 is 0 Å². The molecular weight excluding hydrogens is 238 g/mol. The number of nitrogens with one attached hydrogen (secondary N) is 1. The molecule has 0 aromatic carbocycles. The zero-order valence-electron chi connectivity index (χ0n) is 12.6. The van der Waals surface area contributed by atoms with Crippen molar-refractivity contribution in [3.05, 3.63) is 12.4 Å². The van der Waals surface area contributed by atoms with Crippen molar-refractivity contribution in [2.24, 2.45) is 0 Å². The lowest BCUT2D eigenvalue weighted by atomic mass is 10.1. The van der Waals surface area contributed by atoms with Crippen LogP contribution in [0.5, 0.6) is 0 Å². The summed E-state index contributed by atoms with van der Waals surface area (Å²) < 4.78 is 0. The molecule has 5 nitrogen and oxygen atoms in total. The zero-order chi connectivity index (χ0) is 14.0. The van der Waals surface area contributed by atoms with Gasteiger partial charge in [0.1, 0.15) is 18.0 Å². The van der Waals surface area contributed by atoms with Gasteiger partial charge >= 0.3 is 0 Å². The SMILES string of the molecule is CC1CN(c2cc(N(C)C(C)(C)C)ncn2)CCN1. The molecule has 0 radical (unpaired) electrons. The molecule has 106 valence electrons. The van der Waals surface area contributed by atoms with Crippen LogP contribution in [-0.4, -0.2) is 48.2 Å². The first-order valence-electron chi connectivity index (χ1n) is 6.92. The van der Waals surface area contributed by atoms with Crippen LogP contribution in [0.1, 0.15) is 27.7 Å². The highest BCUT2D eigenvalue weighted by molar-refractivity contribution is 5.51. The first kappa shape index (κ1) is 14.1. The van der Waals surface area contributed by atoms with Crippen LogP contribution in [-0.2, 0) is 0 Å². The third-order valence-electron chi connectivity index (χ3n) is 3.68. The first-order chi connectivity index (χ1) is 8.88. The summed E-state index contributed by atoms with van der Waals surface area (Å²) in [4.78, 5) is 13.3. The molecule has 1 fully saturated rings. The topological polar surface area (TPSA) is 44.3 Å². The van der Waals surface area contributed by atoms with E-state index in [1.54, 1.807) is 6.33 Å². The summed E-state index contributed by atoms with van der Waals surface area (Å²) in [7, 11) is 2.08. The van der Waals surface area contributed by atoms with Crippen LogP contribution in [0.4, 0.5) is 11.6 Å². The quantitative estimate of drug-likeness (QED) is 0.876. The lowest BCUT2D eigenvalue weighted by molar-refractivity contribution is 0.481. The van der Waals surface area contributed by atoms with Crippen LogP contribution in [0.3, 0.4) is 0 Å². The van der Waals surface area contributed by atoms with Crippen molar-refractivity contribution in [2.75, 3.05) is 36.5 Å². The Kier molecular flexibility index (Phi) is 3.94. The fraction of sp³-hybridized carbons (Fsp3) is 0.714. The second kappa shape index (κ2) is 5.33.